The third-order valence-electron chi connectivity index (χ3n) is 6.09. The minimum Gasteiger partial charge on any atom is -0.349 e. The molecular weight excluding hydrogens is 338 g/mol. The number of aromatic amines is 1. The van der Waals surface area contributed by atoms with E-state index in [9.17, 15) is 5.26 Å². The lowest BCUT2D eigenvalue weighted by molar-refractivity contribution is 0.0857. The molecule has 4 heteroatoms. The molecule has 3 atom stereocenters. The Bertz CT molecular complexity index is 819. The monoisotopic (exact) mass is 367 g/mol. The van der Waals surface area contributed by atoms with Crippen molar-refractivity contribution in [2.75, 3.05) is 18.8 Å². The van der Waals surface area contributed by atoms with Crippen LogP contribution < -0.4 is 0 Å². The van der Waals surface area contributed by atoms with E-state index in [2.05, 4.69) is 48.0 Å². The minimum absolute atomic E-state index is 0.512. The lowest BCUT2D eigenvalue weighted by Gasteiger charge is -2.47. The molecule has 138 valence electrons. The van der Waals surface area contributed by atoms with E-state index in [-0.39, 0.29) is 0 Å². The Hall–Kier alpha value is -1.44. The highest BCUT2D eigenvalue weighted by molar-refractivity contribution is 7.99. The maximum atomic E-state index is 9.25. The molecule has 1 fully saturated rings. The molecule has 1 N–H and O–H groups in total. The highest BCUT2D eigenvalue weighted by Gasteiger charge is 2.41. The third kappa shape index (κ3) is 3.06. The predicted octanol–water partition coefficient (Wildman–Crippen LogP) is 5.32. The van der Waals surface area contributed by atoms with Gasteiger partial charge in [-0.3, -0.25) is 4.90 Å². The number of piperidine rings is 1. The van der Waals surface area contributed by atoms with E-state index < -0.39 is 0 Å². The van der Waals surface area contributed by atoms with Crippen molar-refractivity contribution < 1.29 is 0 Å². The standard InChI is InChI=1S/C22H29N3S/c1-3-10-25-14-15(8-9-23)12-17-16-6-5-7-19-21(16)18(13-20(17)25)22(24-19)26-11-4-2/h5-7,15,17,20,24H,3-4,8,10-14H2,1-2H3/t15-,17-,20-/m1/s1. The van der Waals surface area contributed by atoms with E-state index in [0.29, 0.717) is 24.3 Å². The van der Waals surface area contributed by atoms with Gasteiger partial charge in [-0.2, -0.15) is 5.26 Å². The molecule has 0 unspecified atom stereocenters. The third-order valence-corrected chi connectivity index (χ3v) is 7.34. The number of fused-ring (bicyclic) bond motifs is 2. The Balaban J connectivity index is 1.77. The zero-order valence-electron chi connectivity index (χ0n) is 15.9. The van der Waals surface area contributed by atoms with Gasteiger partial charge in [0.15, 0.2) is 0 Å². The van der Waals surface area contributed by atoms with Gasteiger partial charge in [-0.05, 0) is 61.1 Å². The average molecular weight is 368 g/mol. The van der Waals surface area contributed by atoms with Gasteiger partial charge in [0.2, 0.25) is 0 Å². The lowest BCUT2D eigenvalue weighted by Crippen LogP contribution is -2.50. The summed E-state index contributed by atoms with van der Waals surface area (Å²) in [5.74, 6) is 2.26. The number of rotatable bonds is 6. The van der Waals surface area contributed by atoms with Crippen LogP contribution in [0, 0.1) is 17.2 Å². The van der Waals surface area contributed by atoms with Gasteiger partial charge in [0, 0.05) is 35.8 Å². The van der Waals surface area contributed by atoms with Gasteiger partial charge in [0.25, 0.3) is 0 Å². The highest BCUT2D eigenvalue weighted by atomic mass is 32.2. The molecule has 1 aromatic carbocycles. The molecular formula is C22H29N3S. The first-order chi connectivity index (χ1) is 12.8. The predicted molar refractivity (Wildman–Crippen MR) is 110 cm³/mol. The van der Waals surface area contributed by atoms with Crippen molar-refractivity contribution in [1.29, 1.82) is 5.26 Å². The molecule has 0 amide bonds. The Morgan fingerprint density at radius 1 is 1.31 bits per heavy atom. The molecule has 0 saturated carbocycles. The van der Waals surface area contributed by atoms with Crippen molar-refractivity contribution in [2.45, 2.75) is 62.9 Å². The second-order valence-electron chi connectivity index (χ2n) is 7.89. The number of hydrogen-bond donors (Lipinski definition) is 1. The van der Waals surface area contributed by atoms with Crippen molar-refractivity contribution in [3.8, 4) is 6.07 Å². The Kier molecular flexibility index (Phi) is 5.29. The summed E-state index contributed by atoms with van der Waals surface area (Å²) in [5, 5.41) is 12.1. The fraction of sp³-hybridized carbons (Fsp3) is 0.591. The summed E-state index contributed by atoms with van der Waals surface area (Å²) in [6, 6.07) is 9.83. The summed E-state index contributed by atoms with van der Waals surface area (Å²) < 4.78 is 0. The number of hydrogen-bond acceptors (Lipinski definition) is 3. The summed E-state index contributed by atoms with van der Waals surface area (Å²) in [6.45, 7) is 6.77. The second-order valence-corrected chi connectivity index (χ2v) is 8.99. The van der Waals surface area contributed by atoms with E-state index in [1.165, 1.54) is 46.5 Å². The van der Waals surface area contributed by atoms with Crippen LogP contribution in [-0.2, 0) is 6.42 Å². The number of H-pyrrole nitrogens is 1. The van der Waals surface area contributed by atoms with Gasteiger partial charge in [0.05, 0.1) is 11.1 Å². The molecule has 3 nitrogen and oxygen atoms in total. The SMILES string of the molecule is CCCSc1[nH]c2cccc3c2c1C[C@@H]1[C@@H]3C[C@@H](CC#N)CN1CCC. The van der Waals surface area contributed by atoms with E-state index in [1.54, 1.807) is 5.56 Å². The molecule has 2 heterocycles. The molecule has 1 aromatic heterocycles. The molecule has 26 heavy (non-hydrogen) atoms. The van der Waals surface area contributed by atoms with Crippen LogP contribution in [0.25, 0.3) is 10.9 Å². The van der Waals surface area contributed by atoms with Crippen molar-refractivity contribution in [3.63, 3.8) is 0 Å². The van der Waals surface area contributed by atoms with Gasteiger partial charge in [-0.25, -0.2) is 0 Å². The first kappa shape index (κ1) is 17.9. The Morgan fingerprint density at radius 2 is 2.19 bits per heavy atom. The summed E-state index contributed by atoms with van der Waals surface area (Å²) >= 11 is 1.99. The quantitative estimate of drug-likeness (QED) is 0.702. The number of aromatic nitrogens is 1. The van der Waals surface area contributed by atoms with Gasteiger partial charge in [-0.1, -0.05) is 26.0 Å². The molecule has 0 spiro atoms. The van der Waals surface area contributed by atoms with Gasteiger partial charge in [0.1, 0.15) is 0 Å². The fourth-order valence-electron chi connectivity index (χ4n) is 5.10. The molecule has 1 aliphatic heterocycles. The summed E-state index contributed by atoms with van der Waals surface area (Å²) in [6.07, 6.45) is 5.41. The van der Waals surface area contributed by atoms with Crippen molar-refractivity contribution in [2.24, 2.45) is 5.92 Å². The number of nitriles is 1. The Morgan fingerprint density at radius 3 is 2.96 bits per heavy atom. The summed E-state index contributed by atoms with van der Waals surface area (Å²) in [5.41, 5.74) is 4.38. The number of nitrogens with zero attached hydrogens (tertiary/aromatic N) is 2. The maximum absolute atomic E-state index is 9.25. The minimum atomic E-state index is 0.512. The number of nitrogens with one attached hydrogen (secondary N) is 1. The van der Waals surface area contributed by atoms with Gasteiger partial charge < -0.3 is 4.98 Å². The van der Waals surface area contributed by atoms with Crippen molar-refractivity contribution >= 4 is 22.7 Å². The average Bonchev–Trinajstić information content (AvgIpc) is 3.00. The van der Waals surface area contributed by atoms with E-state index >= 15 is 0 Å². The normalized spacial score (nSPS) is 25.2. The smallest absolute Gasteiger partial charge is 0.0765 e. The molecule has 1 aliphatic carbocycles. The number of likely N-dealkylation sites (tertiary alicyclic amines) is 1. The second kappa shape index (κ2) is 7.66. The van der Waals surface area contributed by atoms with Gasteiger partial charge >= 0.3 is 0 Å². The number of thioether (sulfide) groups is 1. The summed E-state index contributed by atoms with van der Waals surface area (Å²) in [4.78, 5) is 6.41. The van der Waals surface area contributed by atoms with E-state index in [1.807, 2.05) is 11.8 Å². The van der Waals surface area contributed by atoms with E-state index in [4.69, 9.17) is 0 Å². The zero-order valence-corrected chi connectivity index (χ0v) is 16.7. The maximum Gasteiger partial charge on any atom is 0.0765 e. The van der Waals surface area contributed by atoms with Crippen LogP contribution in [0.1, 0.15) is 56.6 Å². The van der Waals surface area contributed by atoms with Gasteiger partial charge in [-0.15, -0.1) is 11.8 Å². The van der Waals surface area contributed by atoms with Crippen LogP contribution in [0.15, 0.2) is 23.2 Å². The largest absolute Gasteiger partial charge is 0.349 e. The highest BCUT2D eigenvalue weighted by Crippen LogP contribution is 2.47. The summed E-state index contributed by atoms with van der Waals surface area (Å²) in [7, 11) is 0. The van der Waals surface area contributed by atoms with Crippen molar-refractivity contribution in [3.05, 3.63) is 29.3 Å². The molecule has 0 radical (unpaired) electrons. The van der Waals surface area contributed by atoms with E-state index in [0.717, 1.165) is 19.5 Å². The van der Waals surface area contributed by atoms with Crippen molar-refractivity contribution in [1.82, 2.24) is 9.88 Å². The number of benzene rings is 1. The van der Waals surface area contributed by atoms with Crippen LogP contribution in [0.4, 0.5) is 0 Å². The van der Waals surface area contributed by atoms with Crippen LogP contribution in [0.2, 0.25) is 0 Å². The molecule has 2 aliphatic rings. The lowest BCUT2D eigenvalue weighted by atomic mass is 9.71. The molecule has 2 aromatic rings. The van der Waals surface area contributed by atoms with Crippen LogP contribution in [0.3, 0.4) is 0 Å². The first-order valence-corrected chi connectivity index (χ1v) is 11.1. The fourth-order valence-corrected chi connectivity index (χ4v) is 6.05. The molecule has 1 saturated heterocycles. The zero-order chi connectivity index (χ0) is 18.1. The molecule has 4 rings (SSSR count). The van der Waals surface area contributed by atoms with Crippen LogP contribution in [-0.4, -0.2) is 34.8 Å². The molecule has 0 bridgehead atoms. The van der Waals surface area contributed by atoms with Crippen LogP contribution >= 0.6 is 11.8 Å². The van der Waals surface area contributed by atoms with Crippen LogP contribution in [0.5, 0.6) is 0 Å². The first-order valence-electron chi connectivity index (χ1n) is 10.1. The topological polar surface area (TPSA) is 42.8 Å². The Labute approximate surface area is 161 Å².